The lowest BCUT2D eigenvalue weighted by Crippen LogP contribution is -2.23. The van der Waals surface area contributed by atoms with Crippen LogP contribution in [0.2, 0.25) is 5.02 Å². The first-order chi connectivity index (χ1) is 12.5. The van der Waals surface area contributed by atoms with Gasteiger partial charge in [0.1, 0.15) is 0 Å². The van der Waals surface area contributed by atoms with Crippen LogP contribution >= 0.6 is 11.6 Å². The molecule has 0 unspecified atom stereocenters. The molecule has 4 rings (SSSR count). The molecule has 132 valence electrons. The van der Waals surface area contributed by atoms with Crippen molar-refractivity contribution in [3.05, 3.63) is 64.3 Å². The molecule has 0 fully saturated rings. The molecule has 1 aromatic carbocycles. The van der Waals surface area contributed by atoms with Gasteiger partial charge in [0.15, 0.2) is 0 Å². The summed E-state index contributed by atoms with van der Waals surface area (Å²) in [6.45, 7) is 0.687. The molecule has 1 amide bonds. The monoisotopic (exact) mass is 376 g/mol. The highest BCUT2D eigenvalue weighted by Crippen LogP contribution is 2.30. The number of rotatable bonds is 4. The number of carbonyl (C=O) groups is 1. The molecule has 0 aliphatic carbocycles. The summed E-state index contributed by atoms with van der Waals surface area (Å²) in [5.41, 5.74) is 2.30. The largest absolute Gasteiger partial charge is 0.415 e. The van der Waals surface area contributed by atoms with Crippen molar-refractivity contribution in [1.29, 1.82) is 0 Å². The average Bonchev–Trinajstić information content (AvgIpc) is 3.23. The fraction of sp³-hybridized carbons (Fsp3) is 0.176. The lowest BCUT2D eigenvalue weighted by atomic mass is 10.1. The van der Waals surface area contributed by atoms with E-state index in [2.05, 4.69) is 15.2 Å². The van der Waals surface area contributed by atoms with E-state index in [1.807, 2.05) is 0 Å². The van der Waals surface area contributed by atoms with Crippen molar-refractivity contribution >= 4 is 17.5 Å². The number of halogens is 3. The lowest BCUT2D eigenvalue weighted by Gasteiger charge is -2.15. The Hall–Kier alpha value is -2.87. The molecular weight excluding hydrogens is 366 g/mol. The molecule has 0 bridgehead atoms. The van der Waals surface area contributed by atoms with E-state index < -0.39 is 12.3 Å². The second kappa shape index (κ2) is 6.45. The molecule has 0 radical (unpaired) electrons. The molecule has 3 aromatic rings. The molecule has 0 atom stereocenters. The van der Waals surface area contributed by atoms with Crippen molar-refractivity contribution in [2.75, 3.05) is 0 Å². The fourth-order valence-corrected chi connectivity index (χ4v) is 2.96. The van der Waals surface area contributed by atoms with E-state index in [-0.39, 0.29) is 18.3 Å². The standard InChI is InChI=1S/C17H11ClF2N4O2/c18-12-2-1-5-21-13(12)8-24-7-10-4-3-9(6-11(10)17(24)25)15-22-23-16(26-15)14(19)20/h1-6,14H,7-8H2. The van der Waals surface area contributed by atoms with Gasteiger partial charge in [-0.05, 0) is 29.8 Å². The minimum atomic E-state index is -2.84. The highest BCUT2D eigenvalue weighted by molar-refractivity contribution is 6.31. The number of hydrogen-bond donors (Lipinski definition) is 0. The van der Waals surface area contributed by atoms with Crippen LogP contribution in [-0.2, 0) is 13.1 Å². The van der Waals surface area contributed by atoms with Crippen molar-refractivity contribution in [2.45, 2.75) is 19.5 Å². The number of amides is 1. The number of benzene rings is 1. The van der Waals surface area contributed by atoms with Gasteiger partial charge < -0.3 is 9.32 Å². The SMILES string of the molecule is O=C1c2cc(-c3nnc(C(F)F)o3)ccc2CN1Cc1ncccc1Cl. The number of hydrogen-bond acceptors (Lipinski definition) is 5. The van der Waals surface area contributed by atoms with Crippen LogP contribution in [0.25, 0.3) is 11.5 Å². The summed E-state index contributed by atoms with van der Waals surface area (Å²) in [6, 6.07) is 8.41. The van der Waals surface area contributed by atoms with Crippen LogP contribution in [0.15, 0.2) is 40.9 Å². The van der Waals surface area contributed by atoms with E-state index in [9.17, 15) is 13.6 Å². The zero-order valence-corrected chi connectivity index (χ0v) is 14.0. The van der Waals surface area contributed by atoms with Crippen molar-refractivity contribution in [3.63, 3.8) is 0 Å². The van der Waals surface area contributed by atoms with Crippen molar-refractivity contribution < 1.29 is 18.0 Å². The highest BCUT2D eigenvalue weighted by atomic mass is 35.5. The van der Waals surface area contributed by atoms with Crippen LogP contribution in [0.4, 0.5) is 8.78 Å². The number of fused-ring (bicyclic) bond motifs is 1. The zero-order valence-electron chi connectivity index (χ0n) is 13.2. The maximum Gasteiger partial charge on any atom is 0.314 e. The first-order valence-electron chi connectivity index (χ1n) is 7.66. The summed E-state index contributed by atoms with van der Waals surface area (Å²) in [5.74, 6) is -1.00. The van der Waals surface area contributed by atoms with Crippen LogP contribution in [0.5, 0.6) is 0 Å². The molecule has 26 heavy (non-hydrogen) atoms. The van der Waals surface area contributed by atoms with Crippen LogP contribution in [0, 0.1) is 0 Å². The van der Waals surface area contributed by atoms with Gasteiger partial charge in [-0.15, -0.1) is 10.2 Å². The number of aromatic nitrogens is 3. The van der Waals surface area contributed by atoms with Crippen molar-refractivity contribution in [1.82, 2.24) is 20.1 Å². The molecule has 0 saturated heterocycles. The average molecular weight is 377 g/mol. The Kier molecular flexibility index (Phi) is 4.12. The van der Waals surface area contributed by atoms with Gasteiger partial charge in [0, 0.05) is 23.9 Å². The Labute approximate surface area is 151 Å². The van der Waals surface area contributed by atoms with Crippen LogP contribution < -0.4 is 0 Å². The van der Waals surface area contributed by atoms with Gasteiger partial charge in [0.2, 0.25) is 5.89 Å². The van der Waals surface area contributed by atoms with E-state index in [0.717, 1.165) is 5.56 Å². The Balaban J connectivity index is 1.60. The number of nitrogens with zero attached hydrogens (tertiary/aromatic N) is 4. The predicted octanol–water partition coefficient (Wildman–Crippen LogP) is 3.88. The quantitative estimate of drug-likeness (QED) is 0.691. The minimum absolute atomic E-state index is 0.0536. The summed E-state index contributed by atoms with van der Waals surface area (Å²) in [4.78, 5) is 18.5. The van der Waals surface area contributed by atoms with Gasteiger partial charge >= 0.3 is 6.43 Å². The Morgan fingerprint density at radius 3 is 2.85 bits per heavy atom. The fourth-order valence-electron chi connectivity index (χ4n) is 2.78. The smallest absolute Gasteiger partial charge is 0.314 e. The Bertz CT molecular complexity index is 992. The summed E-state index contributed by atoms with van der Waals surface area (Å²) in [6.07, 6.45) is -1.23. The van der Waals surface area contributed by atoms with E-state index >= 15 is 0 Å². The Morgan fingerprint density at radius 1 is 1.27 bits per heavy atom. The molecule has 9 heteroatoms. The van der Waals surface area contributed by atoms with E-state index in [1.54, 1.807) is 41.4 Å². The summed E-state index contributed by atoms with van der Waals surface area (Å²) < 4.78 is 30.1. The normalized spacial score (nSPS) is 13.5. The third-order valence-electron chi connectivity index (χ3n) is 4.04. The lowest BCUT2D eigenvalue weighted by molar-refractivity contribution is 0.0764. The summed E-state index contributed by atoms with van der Waals surface area (Å²) >= 11 is 6.11. The predicted molar refractivity (Wildman–Crippen MR) is 87.5 cm³/mol. The molecule has 3 heterocycles. The van der Waals surface area contributed by atoms with Gasteiger partial charge in [0.25, 0.3) is 11.8 Å². The van der Waals surface area contributed by atoms with Gasteiger partial charge in [-0.3, -0.25) is 9.78 Å². The Morgan fingerprint density at radius 2 is 2.12 bits per heavy atom. The maximum absolute atomic E-state index is 12.7. The first kappa shape index (κ1) is 16.6. The third kappa shape index (κ3) is 2.92. The van der Waals surface area contributed by atoms with Gasteiger partial charge in [0.05, 0.1) is 17.3 Å². The van der Waals surface area contributed by atoms with Crippen molar-refractivity contribution in [2.24, 2.45) is 0 Å². The molecule has 2 aromatic heterocycles. The highest BCUT2D eigenvalue weighted by Gasteiger charge is 2.29. The second-order valence-electron chi connectivity index (χ2n) is 5.71. The molecule has 6 nitrogen and oxygen atoms in total. The molecule has 0 spiro atoms. The minimum Gasteiger partial charge on any atom is -0.415 e. The molecule has 1 aliphatic heterocycles. The first-order valence-corrected chi connectivity index (χ1v) is 8.04. The van der Waals surface area contributed by atoms with E-state index in [1.165, 1.54) is 0 Å². The van der Waals surface area contributed by atoms with Crippen LogP contribution in [0.1, 0.15) is 33.9 Å². The molecular formula is C17H11ClF2N4O2. The summed E-state index contributed by atoms with van der Waals surface area (Å²) in [5, 5.41) is 7.40. The van der Waals surface area contributed by atoms with Gasteiger partial charge in [-0.1, -0.05) is 17.7 Å². The van der Waals surface area contributed by atoms with Gasteiger partial charge in [-0.25, -0.2) is 0 Å². The molecule has 1 aliphatic rings. The second-order valence-corrected chi connectivity index (χ2v) is 6.12. The number of carbonyl (C=O) groups excluding carboxylic acids is 1. The number of pyridine rings is 1. The van der Waals surface area contributed by atoms with Crippen LogP contribution in [0.3, 0.4) is 0 Å². The van der Waals surface area contributed by atoms with E-state index in [0.29, 0.717) is 28.4 Å². The summed E-state index contributed by atoms with van der Waals surface area (Å²) in [7, 11) is 0. The third-order valence-corrected chi connectivity index (χ3v) is 4.38. The van der Waals surface area contributed by atoms with Crippen LogP contribution in [-0.4, -0.2) is 26.0 Å². The van der Waals surface area contributed by atoms with Gasteiger partial charge in [-0.2, -0.15) is 8.78 Å². The topological polar surface area (TPSA) is 72.1 Å². The van der Waals surface area contributed by atoms with Crippen molar-refractivity contribution in [3.8, 4) is 11.5 Å². The zero-order chi connectivity index (χ0) is 18.3. The molecule has 0 N–H and O–H groups in total. The maximum atomic E-state index is 12.7. The number of alkyl halides is 2. The molecule has 0 saturated carbocycles. The van der Waals surface area contributed by atoms with E-state index in [4.69, 9.17) is 16.0 Å².